The van der Waals surface area contributed by atoms with Crippen molar-refractivity contribution >= 4 is 17.5 Å². The van der Waals surface area contributed by atoms with E-state index < -0.39 is 4.75 Å². The SMILES string of the molecule is C=CCC(Sc1ccccc1)(C(C)=O)c1occ2c1CCCC2. The molecule has 0 fully saturated rings. The Kier molecular flexibility index (Phi) is 4.76. The second kappa shape index (κ2) is 6.79. The van der Waals surface area contributed by atoms with E-state index in [1.165, 1.54) is 17.5 Å². The summed E-state index contributed by atoms with van der Waals surface area (Å²) in [5.41, 5.74) is 2.52. The lowest BCUT2D eigenvalue weighted by molar-refractivity contribution is -0.119. The number of thioether (sulfide) groups is 1. The van der Waals surface area contributed by atoms with E-state index in [2.05, 4.69) is 6.58 Å². The summed E-state index contributed by atoms with van der Waals surface area (Å²) in [6.45, 7) is 5.55. The zero-order valence-electron chi connectivity index (χ0n) is 13.5. The van der Waals surface area contributed by atoms with Crippen LogP contribution in [0.4, 0.5) is 0 Å². The lowest BCUT2D eigenvalue weighted by Crippen LogP contribution is -2.31. The third-order valence-corrected chi connectivity index (χ3v) is 6.00. The third-order valence-electron chi connectivity index (χ3n) is 4.51. The van der Waals surface area contributed by atoms with Gasteiger partial charge in [0.05, 0.1) is 6.26 Å². The predicted octanol–water partition coefficient (Wildman–Crippen LogP) is 5.31. The quantitative estimate of drug-likeness (QED) is 0.532. The van der Waals surface area contributed by atoms with Gasteiger partial charge in [-0.3, -0.25) is 4.79 Å². The van der Waals surface area contributed by atoms with Gasteiger partial charge in [-0.1, -0.05) is 24.3 Å². The van der Waals surface area contributed by atoms with Gasteiger partial charge in [-0.2, -0.15) is 0 Å². The Labute approximate surface area is 142 Å². The van der Waals surface area contributed by atoms with Crippen LogP contribution in [0.1, 0.15) is 43.1 Å². The maximum absolute atomic E-state index is 12.7. The second-order valence-electron chi connectivity index (χ2n) is 6.07. The van der Waals surface area contributed by atoms with Crippen molar-refractivity contribution in [3.63, 3.8) is 0 Å². The number of furan rings is 1. The molecule has 0 amide bonds. The van der Waals surface area contributed by atoms with Crippen LogP contribution in [0.5, 0.6) is 0 Å². The summed E-state index contributed by atoms with van der Waals surface area (Å²) < 4.78 is 5.27. The fraction of sp³-hybridized carbons (Fsp3) is 0.350. The number of hydrogen-bond acceptors (Lipinski definition) is 3. The molecule has 1 aliphatic carbocycles. The van der Waals surface area contributed by atoms with Gasteiger partial charge in [-0.05, 0) is 62.3 Å². The molecule has 1 aromatic carbocycles. The molecule has 1 aromatic heterocycles. The summed E-state index contributed by atoms with van der Waals surface area (Å²) in [6, 6.07) is 10.1. The first kappa shape index (κ1) is 16.1. The van der Waals surface area contributed by atoms with Gasteiger partial charge in [0, 0.05) is 4.90 Å². The fourth-order valence-corrected chi connectivity index (χ4v) is 4.61. The van der Waals surface area contributed by atoms with Crippen molar-refractivity contribution in [3.05, 3.63) is 66.1 Å². The van der Waals surface area contributed by atoms with Crippen molar-refractivity contribution < 1.29 is 9.21 Å². The van der Waals surface area contributed by atoms with Gasteiger partial charge in [0.25, 0.3) is 0 Å². The molecule has 0 aliphatic heterocycles. The lowest BCUT2D eigenvalue weighted by atomic mass is 9.87. The monoisotopic (exact) mass is 326 g/mol. The van der Waals surface area contributed by atoms with E-state index >= 15 is 0 Å². The molecule has 0 N–H and O–H groups in total. The van der Waals surface area contributed by atoms with Crippen LogP contribution in [0.25, 0.3) is 0 Å². The molecule has 3 rings (SSSR count). The molecular weight excluding hydrogens is 304 g/mol. The first-order chi connectivity index (χ1) is 11.2. The molecule has 0 saturated heterocycles. The summed E-state index contributed by atoms with van der Waals surface area (Å²) in [6.07, 6.45) is 8.68. The topological polar surface area (TPSA) is 30.2 Å². The maximum atomic E-state index is 12.7. The third kappa shape index (κ3) is 3.02. The zero-order valence-corrected chi connectivity index (χ0v) is 14.3. The average molecular weight is 326 g/mol. The van der Waals surface area contributed by atoms with E-state index in [1.54, 1.807) is 18.7 Å². The molecular formula is C20H22O2S. The van der Waals surface area contributed by atoms with Crippen LogP contribution < -0.4 is 0 Å². The number of ketones is 1. The summed E-state index contributed by atoms with van der Waals surface area (Å²) in [5.74, 6) is 0.961. The molecule has 1 aliphatic rings. The molecule has 1 unspecified atom stereocenters. The molecule has 2 aromatic rings. The van der Waals surface area contributed by atoms with Crippen molar-refractivity contribution in [2.24, 2.45) is 0 Å². The Morgan fingerprint density at radius 3 is 2.74 bits per heavy atom. The van der Waals surface area contributed by atoms with Crippen molar-refractivity contribution in [2.75, 3.05) is 0 Å². The number of allylic oxidation sites excluding steroid dienone is 1. The number of rotatable bonds is 6. The summed E-state index contributed by atoms with van der Waals surface area (Å²) in [4.78, 5) is 13.8. The molecule has 120 valence electrons. The normalized spacial score (nSPS) is 16.4. The predicted molar refractivity (Wildman–Crippen MR) is 94.8 cm³/mol. The highest BCUT2D eigenvalue weighted by atomic mass is 32.2. The minimum absolute atomic E-state index is 0.119. The summed E-state index contributed by atoms with van der Waals surface area (Å²) in [7, 11) is 0. The molecule has 1 heterocycles. The van der Waals surface area contributed by atoms with Gasteiger partial charge in [-0.25, -0.2) is 0 Å². The number of carbonyl (C=O) groups is 1. The molecule has 3 heteroatoms. The van der Waals surface area contributed by atoms with Gasteiger partial charge >= 0.3 is 0 Å². The Bertz CT molecular complexity index is 702. The standard InChI is InChI=1S/C20H22O2S/c1-3-13-20(15(2)21,23-17-10-5-4-6-11-17)19-18-12-8-7-9-16(18)14-22-19/h3-6,10-11,14H,1,7-9,12-13H2,2H3. The van der Waals surface area contributed by atoms with Crippen LogP contribution in [0.15, 0.2) is 58.6 Å². The van der Waals surface area contributed by atoms with Gasteiger partial charge in [0.1, 0.15) is 10.5 Å². The smallest absolute Gasteiger partial charge is 0.154 e. The van der Waals surface area contributed by atoms with Crippen LogP contribution in [0, 0.1) is 0 Å². The Morgan fingerprint density at radius 2 is 2.04 bits per heavy atom. The van der Waals surface area contributed by atoms with Gasteiger partial charge in [0.15, 0.2) is 5.78 Å². The minimum atomic E-state index is -0.714. The van der Waals surface area contributed by atoms with E-state index in [0.717, 1.165) is 29.9 Å². The molecule has 2 nitrogen and oxygen atoms in total. The van der Waals surface area contributed by atoms with Crippen molar-refractivity contribution in [3.8, 4) is 0 Å². The molecule has 0 saturated carbocycles. The van der Waals surface area contributed by atoms with Crippen LogP contribution in [-0.2, 0) is 22.4 Å². The highest BCUT2D eigenvalue weighted by Gasteiger charge is 2.43. The van der Waals surface area contributed by atoms with Gasteiger partial charge < -0.3 is 4.42 Å². The van der Waals surface area contributed by atoms with E-state index in [-0.39, 0.29) is 5.78 Å². The Balaban J connectivity index is 2.09. The van der Waals surface area contributed by atoms with E-state index in [4.69, 9.17) is 4.42 Å². The molecule has 0 spiro atoms. The van der Waals surface area contributed by atoms with Crippen LogP contribution >= 0.6 is 11.8 Å². The number of carbonyl (C=O) groups excluding carboxylic acids is 1. The molecule has 0 bridgehead atoms. The number of aryl methyl sites for hydroxylation is 1. The van der Waals surface area contributed by atoms with Crippen molar-refractivity contribution in [1.29, 1.82) is 0 Å². The lowest BCUT2D eigenvalue weighted by Gasteiger charge is -2.29. The van der Waals surface area contributed by atoms with Crippen LogP contribution in [-0.4, -0.2) is 5.78 Å². The first-order valence-electron chi connectivity index (χ1n) is 8.13. The highest BCUT2D eigenvalue weighted by Crippen LogP contribution is 2.48. The second-order valence-corrected chi connectivity index (χ2v) is 7.44. The van der Waals surface area contributed by atoms with E-state index in [1.807, 2.05) is 42.7 Å². The number of benzene rings is 1. The van der Waals surface area contributed by atoms with Crippen molar-refractivity contribution in [1.82, 2.24) is 0 Å². The van der Waals surface area contributed by atoms with E-state index in [0.29, 0.717) is 6.42 Å². The number of fused-ring (bicyclic) bond motifs is 1. The van der Waals surface area contributed by atoms with E-state index in [9.17, 15) is 4.79 Å². The highest BCUT2D eigenvalue weighted by molar-refractivity contribution is 8.01. The number of hydrogen-bond donors (Lipinski definition) is 0. The van der Waals surface area contributed by atoms with Crippen LogP contribution in [0.3, 0.4) is 0 Å². The van der Waals surface area contributed by atoms with Gasteiger partial charge in [-0.15, -0.1) is 18.3 Å². The average Bonchev–Trinajstić information content (AvgIpc) is 2.99. The largest absolute Gasteiger partial charge is 0.467 e. The molecule has 23 heavy (non-hydrogen) atoms. The van der Waals surface area contributed by atoms with Gasteiger partial charge in [0.2, 0.25) is 0 Å². The molecule has 0 radical (unpaired) electrons. The summed E-state index contributed by atoms with van der Waals surface area (Å²) in [5, 5.41) is 0. The maximum Gasteiger partial charge on any atom is 0.154 e. The van der Waals surface area contributed by atoms with Crippen molar-refractivity contribution in [2.45, 2.75) is 48.7 Å². The Hall–Kier alpha value is -1.74. The number of Topliss-reactive ketones (excluding diaryl/α,β-unsaturated/α-hetero) is 1. The van der Waals surface area contributed by atoms with Crippen LogP contribution in [0.2, 0.25) is 0 Å². The zero-order chi connectivity index (χ0) is 16.3. The fourth-order valence-electron chi connectivity index (χ4n) is 3.31. The summed E-state index contributed by atoms with van der Waals surface area (Å²) >= 11 is 1.58. The molecule has 1 atom stereocenters. The minimum Gasteiger partial charge on any atom is -0.467 e. The Morgan fingerprint density at radius 1 is 1.30 bits per heavy atom. The first-order valence-corrected chi connectivity index (χ1v) is 8.95.